The summed E-state index contributed by atoms with van der Waals surface area (Å²) in [5.74, 6) is -1.63. The zero-order valence-corrected chi connectivity index (χ0v) is 17.9. The highest BCUT2D eigenvalue weighted by atomic mass is 32.2. The molecule has 0 saturated carbocycles. The molecule has 166 valence electrons. The predicted octanol–water partition coefficient (Wildman–Crippen LogP) is 1.38. The van der Waals surface area contributed by atoms with Crippen molar-refractivity contribution in [2.24, 2.45) is 12.2 Å². The zero-order chi connectivity index (χ0) is 23.0. The van der Waals surface area contributed by atoms with Gasteiger partial charge in [-0.25, -0.2) is 18.3 Å². The Balaban J connectivity index is 1.80. The fraction of sp³-hybridized carbons (Fsp3) is 0.350. The standard InChI is InChI=1S/C20H22FN3O6S/c1-20(19(26)22-27,31(3,28)29)11-14-10-17(23-30-14)13-4-5-15(16(21)8-13)12-6-7-24(2)18(25)9-12/h4-9,14,27H,10-11H2,1-3H3,(H,22,26). The quantitative estimate of drug-likeness (QED) is 0.505. The van der Waals surface area contributed by atoms with Crippen molar-refractivity contribution < 1.29 is 27.6 Å². The van der Waals surface area contributed by atoms with E-state index in [1.165, 1.54) is 35.2 Å². The number of amides is 1. The van der Waals surface area contributed by atoms with Gasteiger partial charge in [0.05, 0.1) is 5.71 Å². The molecule has 2 aromatic rings. The highest BCUT2D eigenvalue weighted by molar-refractivity contribution is 7.92. The van der Waals surface area contributed by atoms with E-state index < -0.39 is 32.4 Å². The lowest BCUT2D eigenvalue weighted by Crippen LogP contribution is -2.51. The van der Waals surface area contributed by atoms with E-state index in [4.69, 9.17) is 10.0 Å². The largest absolute Gasteiger partial charge is 0.392 e. The van der Waals surface area contributed by atoms with Crippen LogP contribution in [0.1, 0.15) is 25.3 Å². The third-order valence-corrected chi connectivity index (χ3v) is 7.46. The number of sulfone groups is 1. The minimum Gasteiger partial charge on any atom is -0.392 e. The number of aryl methyl sites for hydroxylation is 1. The molecule has 31 heavy (non-hydrogen) atoms. The van der Waals surface area contributed by atoms with Crippen LogP contribution in [0.15, 0.2) is 46.5 Å². The summed E-state index contributed by atoms with van der Waals surface area (Å²) in [5, 5.41) is 12.8. The van der Waals surface area contributed by atoms with E-state index >= 15 is 0 Å². The number of hydroxylamine groups is 1. The van der Waals surface area contributed by atoms with Crippen molar-refractivity contribution in [2.45, 2.75) is 30.6 Å². The van der Waals surface area contributed by atoms with Crippen LogP contribution >= 0.6 is 0 Å². The molecule has 0 bridgehead atoms. The molecule has 1 aromatic carbocycles. The summed E-state index contributed by atoms with van der Waals surface area (Å²) < 4.78 is 38.4. The molecule has 2 N–H and O–H groups in total. The van der Waals surface area contributed by atoms with Gasteiger partial charge >= 0.3 is 0 Å². The number of hydrogen-bond donors (Lipinski definition) is 2. The second-order valence-electron chi connectivity index (χ2n) is 7.68. The first kappa shape index (κ1) is 22.6. The molecule has 0 radical (unpaired) electrons. The molecule has 1 amide bonds. The summed E-state index contributed by atoms with van der Waals surface area (Å²) in [6.45, 7) is 1.19. The summed E-state index contributed by atoms with van der Waals surface area (Å²) in [5.41, 5.74) is 2.63. The van der Waals surface area contributed by atoms with Crippen molar-refractivity contribution in [3.05, 3.63) is 58.3 Å². The van der Waals surface area contributed by atoms with Gasteiger partial charge in [0.15, 0.2) is 14.6 Å². The summed E-state index contributed by atoms with van der Waals surface area (Å²) in [4.78, 5) is 29.1. The number of aromatic nitrogens is 1. The number of halogens is 1. The predicted molar refractivity (Wildman–Crippen MR) is 111 cm³/mol. The number of carbonyl (C=O) groups excluding carboxylic acids is 1. The van der Waals surface area contributed by atoms with Crippen LogP contribution in [0.25, 0.3) is 11.1 Å². The molecule has 0 fully saturated rings. The van der Waals surface area contributed by atoms with Crippen molar-refractivity contribution in [1.29, 1.82) is 0 Å². The van der Waals surface area contributed by atoms with Crippen molar-refractivity contribution >= 4 is 21.5 Å². The van der Waals surface area contributed by atoms with Gasteiger partial charge in [-0.05, 0) is 24.6 Å². The molecule has 2 unspecified atom stereocenters. The lowest BCUT2D eigenvalue weighted by Gasteiger charge is -2.26. The van der Waals surface area contributed by atoms with E-state index in [1.54, 1.807) is 25.4 Å². The third kappa shape index (κ3) is 4.37. The number of hydrogen-bond acceptors (Lipinski definition) is 7. The Kier molecular flexibility index (Phi) is 6.01. The second kappa shape index (κ2) is 8.23. The van der Waals surface area contributed by atoms with Gasteiger partial charge in [-0.2, -0.15) is 0 Å². The number of carbonyl (C=O) groups is 1. The Morgan fingerprint density at radius 2 is 2.06 bits per heavy atom. The highest BCUT2D eigenvalue weighted by Gasteiger charge is 2.47. The SMILES string of the molecule is Cn1ccc(-c2ccc(C3=NOC(CC(C)(C(=O)NO)S(C)(=O)=O)C3)cc2F)cc1=O. The van der Waals surface area contributed by atoms with Crippen LogP contribution in [0.4, 0.5) is 4.39 Å². The molecule has 11 heteroatoms. The Morgan fingerprint density at radius 1 is 1.35 bits per heavy atom. The van der Waals surface area contributed by atoms with Crippen LogP contribution < -0.4 is 11.0 Å². The van der Waals surface area contributed by atoms with E-state index in [-0.39, 0.29) is 24.0 Å². The smallest absolute Gasteiger partial charge is 0.264 e. The summed E-state index contributed by atoms with van der Waals surface area (Å²) in [7, 11) is -2.29. The van der Waals surface area contributed by atoms with Gasteiger partial charge < -0.3 is 9.40 Å². The third-order valence-electron chi connectivity index (χ3n) is 5.47. The Hall–Kier alpha value is -3.05. The van der Waals surface area contributed by atoms with Gasteiger partial charge in [0, 0.05) is 49.5 Å². The number of nitrogens with zero attached hydrogens (tertiary/aromatic N) is 2. The van der Waals surface area contributed by atoms with E-state index in [9.17, 15) is 22.4 Å². The fourth-order valence-corrected chi connectivity index (χ4v) is 4.19. The molecule has 1 aliphatic rings. The Morgan fingerprint density at radius 3 is 2.65 bits per heavy atom. The average molecular weight is 451 g/mol. The summed E-state index contributed by atoms with van der Waals surface area (Å²) in [6, 6.07) is 7.37. The van der Waals surface area contributed by atoms with Crippen LogP contribution in [0.5, 0.6) is 0 Å². The van der Waals surface area contributed by atoms with Gasteiger partial charge in [-0.3, -0.25) is 14.8 Å². The minimum atomic E-state index is -3.89. The molecule has 0 spiro atoms. The molecule has 3 rings (SSSR count). The van der Waals surface area contributed by atoms with Crippen molar-refractivity contribution in [1.82, 2.24) is 10.0 Å². The van der Waals surface area contributed by atoms with Crippen molar-refractivity contribution in [2.75, 3.05) is 6.26 Å². The van der Waals surface area contributed by atoms with Gasteiger partial charge in [0.1, 0.15) is 11.9 Å². The van der Waals surface area contributed by atoms with E-state index in [2.05, 4.69) is 5.16 Å². The molecule has 1 aliphatic heterocycles. The maximum atomic E-state index is 14.7. The average Bonchev–Trinajstić information content (AvgIpc) is 3.16. The number of nitrogens with one attached hydrogen (secondary N) is 1. The normalized spacial score (nSPS) is 18.1. The zero-order valence-electron chi connectivity index (χ0n) is 17.1. The van der Waals surface area contributed by atoms with Gasteiger partial charge in [0.25, 0.3) is 11.5 Å². The van der Waals surface area contributed by atoms with E-state index in [1.807, 2.05) is 0 Å². The fourth-order valence-electron chi connectivity index (χ4n) is 3.32. The van der Waals surface area contributed by atoms with Crippen molar-refractivity contribution in [3.63, 3.8) is 0 Å². The Bertz CT molecular complexity index is 1220. The highest BCUT2D eigenvalue weighted by Crippen LogP contribution is 2.30. The summed E-state index contributed by atoms with van der Waals surface area (Å²) >= 11 is 0. The van der Waals surface area contributed by atoms with Crippen LogP contribution in [0.3, 0.4) is 0 Å². The molecular weight excluding hydrogens is 429 g/mol. The first-order valence-corrected chi connectivity index (χ1v) is 11.2. The number of benzene rings is 1. The minimum absolute atomic E-state index is 0.147. The number of pyridine rings is 1. The molecule has 2 atom stereocenters. The maximum absolute atomic E-state index is 14.7. The first-order valence-electron chi connectivity index (χ1n) is 9.30. The summed E-state index contributed by atoms with van der Waals surface area (Å²) in [6.07, 6.45) is 1.58. The number of rotatable bonds is 6. The first-order chi connectivity index (χ1) is 14.5. The van der Waals surface area contributed by atoms with Crippen LogP contribution in [-0.2, 0) is 26.5 Å². The van der Waals surface area contributed by atoms with Crippen LogP contribution in [0.2, 0.25) is 0 Å². The van der Waals surface area contributed by atoms with Gasteiger partial charge in [0.2, 0.25) is 0 Å². The molecular formula is C20H22FN3O6S. The molecule has 9 nitrogen and oxygen atoms in total. The molecule has 0 aliphatic carbocycles. The monoisotopic (exact) mass is 451 g/mol. The van der Waals surface area contributed by atoms with E-state index in [0.29, 0.717) is 16.8 Å². The second-order valence-corrected chi connectivity index (χ2v) is 10.1. The molecule has 0 saturated heterocycles. The van der Waals surface area contributed by atoms with Crippen LogP contribution in [-0.4, -0.2) is 46.9 Å². The molecule has 1 aromatic heterocycles. The lowest BCUT2D eigenvalue weighted by molar-refractivity contribution is -0.132. The molecule has 2 heterocycles. The maximum Gasteiger partial charge on any atom is 0.264 e. The lowest BCUT2D eigenvalue weighted by atomic mass is 9.95. The van der Waals surface area contributed by atoms with Crippen LogP contribution in [0, 0.1) is 5.82 Å². The van der Waals surface area contributed by atoms with Crippen molar-refractivity contribution in [3.8, 4) is 11.1 Å². The Labute approximate surface area is 178 Å². The van der Waals surface area contributed by atoms with Gasteiger partial charge in [-0.15, -0.1) is 0 Å². The number of oxime groups is 1. The van der Waals surface area contributed by atoms with E-state index in [0.717, 1.165) is 6.26 Å². The topological polar surface area (TPSA) is 127 Å². The van der Waals surface area contributed by atoms with Gasteiger partial charge in [-0.1, -0.05) is 17.3 Å².